The van der Waals surface area contributed by atoms with Gasteiger partial charge in [-0.15, -0.1) is 0 Å². The van der Waals surface area contributed by atoms with Crippen molar-refractivity contribution in [1.29, 1.82) is 0 Å². The first-order valence-electron chi connectivity index (χ1n) is 6.71. The number of hydrogen-bond acceptors (Lipinski definition) is 3. The number of H-pyrrole nitrogens is 1. The van der Waals surface area contributed by atoms with Crippen LogP contribution in [0.2, 0.25) is 5.02 Å². The molecule has 1 unspecified atom stereocenters. The van der Waals surface area contributed by atoms with Gasteiger partial charge in [0, 0.05) is 38.9 Å². The molecule has 0 aliphatic heterocycles. The van der Waals surface area contributed by atoms with Crippen molar-refractivity contribution >= 4 is 55.4 Å². The molecule has 3 aromatic rings. The molecule has 0 saturated carbocycles. The third-order valence-corrected chi connectivity index (χ3v) is 5.27. The van der Waals surface area contributed by atoms with E-state index in [0.29, 0.717) is 10.7 Å². The second-order valence-electron chi connectivity index (χ2n) is 5.07. The Hall–Kier alpha value is -1.34. The summed E-state index contributed by atoms with van der Waals surface area (Å²) < 4.78 is 12.2. The highest BCUT2D eigenvalue weighted by Crippen LogP contribution is 2.37. The predicted octanol–water partition coefficient (Wildman–Crippen LogP) is 4.21. The van der Waals surface area contributed by atoms with Crippen LogP contribution < -0.4 is 0 Å². The second kappa shape index (κ2) is 6.65. The number of rotatable bonds is 4. The summed E-state index contributed by atoms with van der Waals surface area (Å²) in [4.78, 5) is 19.8. The molecular weight excluding hydrogens is 400 g/mol. The van der Waals surface area contributed by atoms with E-state index in [-0.39, 0.29) is 11.5 Å². The number of pyridine rings is 1. The van der Waals surface area contributed by atoms with Gasteiger partial charge >= 0.3 is 0 Å². The van der Waals surface area contributed by atoms with Crippen LogP contribution in [0.5, 0.6) is 0 Å². The summed E-state index contributed by atoms with van der Waals surface area (Å²) in [5.74, 6) is -0.234. The average Bonchev–Trinajstić information content (AvgIpc) is 2.86. The van der Waals surface area contributed by atoms with Gasteiger partial charge in [-0.2, -0.15) is 0 Å². The summed E-state index contributed by atoms with van der Waals surface area (Å²) in [5, 5.41) is 1.39. The fourth-order valence-corrected chi connectivity index (χ4v) is 3.49. The molecule has 118 valence electrons. The summed E-state index contributed by atoms with van der Waals surface area (Å²) in [6.45, 7) is 0. The molecule has 0 radical (unpaired) electrons. The largest absolute Gasteiger partial charge is 0.616 e. The lowest BCUT2D eigenvalue weighted by atomic mass is 10.0. The van der Waals surface area contributed by atoms with Gasteiger partial charge in [0.2, 0.25) is 5.78 Å². The van der Waals surface area contributed by atoms with Crippen LogP contribution in [0.4, 0.5) is 0 Å². The van der Waals surface area contributed by atoms with Gasteiger partial charge < -0.3 is 9.54 Å². The molecule has 1 aromatic carbocycles. The average molecular weight is 412 g/mol. The Kier molecular flexibility index (Phi) is 4.77. The second-order valence-corrected chi connectivity index (χ2v) is 7.77. The number of aromatic nitrogens is 2. The Balaban J connectivity index is 2.28. The lowest BCUT2D eigenvalue weighted by molar-refractivity contribution is 0.101. The van der Waals surface area contributed by atoms with Crippen molar-refractivity contribution in [2.24, 2.45) is 0 Å². The Morgan fingerprint density at radius 2 is 2.26 bits per heavy atom. The zero-order valence-corrected chi connectivity index (χ0v) is 15.3. The van der Waals surface area contributed by atoms with Gasteiger partial charge in [0.15, 0.2) is 5.75 Å². The maximum Gasteiger partial charge on any atom is 0.228 e. The van der Waals surface area contributed by atoms with Crippen LogP contribution in [0.1, 0.15) is 10.5 Å². The summed E-state index contributed by atoms with van der Waals surface area (Å²) >= 11 is 8.38. The van der Waals surface area contributed by atoms with E-state index in [0.717, 1.165) is 26.5 Å². The lowest BCUT2D eigenvalue weighted by Crippen LogP contribution is -2.15. The summed E-state index contributed by atoms with van der Waals surface area (Å²) in [7, 11) is 0. The van der Waals surface area contributed by atoms with Crippen LogP contribution in [0.15, 0.2) is 41.1 Å². The Morgan fingerprint density at radius 1 is 1.48 bits per heavy atom. The number of ketones is 1. The van der Waals surface area contributed by atoms with E-state index in [2.05, 4.69) is 25.9 Å². The number of carbonyl (C=O) groups is 1. The number of nitrogens with zero attached hydrogens (tertiary/aromatic N) is 1. The molecule has 0 spiro atoms. The first-order chi connectivity index (χ1) is 11.0. The van der Waals surface area contributed by atoms with Gasteiger partial charge in [0.25, 0.3) is 0 Å². The van der Waals surface area contributed by atoms with Crippen molar-refractivity contribution in [2.45, 2.75) is 0 Å². The van der Waals surface area contributed by atoms with Crippen molar-refractivity contribution in [2.75, 3.05) is 12.0 Å². The molecule has 0 aliphatic carbocycles. The number of halogens is 2. The number of aromatic amines is 1. The quantitative estimate of drug-likeness (QED) is 0.516. The topological polar surface area (TPSA) is 68.8 Å². The van der Waals surface area contributed by atoms with Crippen molar-refractivity contribution < 1.29 is 9.35 Å². The number of carbonyl (C=O) groups excluding carboxylic acids is 1. The fraction of sp³-hybridized carbons (Fsp3) is 0.125. The minimum atomic E-state index is -1.21. The molecule has 0 bridgehead atoms. The van der Waals surface area contributed by atoms with Crippen molar-refractivity contribution in [1.82, 2.24) is 9.97 Å². The molecule has 1 N–H and O–H groups in total. The molecule has 4 nitrogen and oxygen atoms in total. The maximum atomic E-state index is 12.5. The Labute approximate surface area is 149 Å². The third kappa shape index (κ3) is 3.30. The van der Waals surface area contributed by atoms with E-state index in [4.69, 9.17) is 11.6 Å². The molecule has 0 saturated heterocycles. The van der Waals surface area contributed by atoms with Gasteiger partial charge in [-0.1, -0.05) is 17.7 Å². The molecule has 0 fully saturated rings. The highest BCUT2D eigenvalue weighted by Gasteiger charge is 2.22. The molecule has 1 atom stereocenters. The summed E-state index contributed by atoms with van der Waals surface area (Å²) in [6, 6.07) is 7.32. The van der Waals surface area contributed by atoms with Crippen molar-refractivity contribution in [3.8, 4) is 11.1 Å². The lowest BCUT2D eigenvalue weighted by Gasteiger charge is -2.06. The van der Waals surface area contributed by atoms with Crippen LogP contribution in [0.25, 0.3) is 22.0 Å². The zero-order chi connectivity index (χ0) is 16.6. The van der Waals surface area contributed by atoms with Crippen LogP contribution >= 0.6 is 27.5 Å². The van der Waals surface area contributed by atoms with Crippen LogP contribution in [-0.2, 0) is 11.2 Å². The van der Waals surface area contributed by atoms with Crippen molar-refractivity contribution in [3.05, 3.63) is 51.8 Å². The summed E-state index contributed by atoms with van der Waals surface area (Å²) in [5.41, 5.74) is 2.75. The van der Waals surface area contributed by atoms with Crippen molar-refractivity contribution in [3.63, 3.8) is 0 Å². The van der Waals surface area contributed by atoms with E-state index in [1.807, 2.05) is 12.1 Å². The number of hydrogen-bond donors (Lipinski definition) is 1. The number of benzene rings is 1. The minimum absolute atomic E-state index is 0.0328. The first-order valence-corrected chi connectivity index (χ1v) is 9.61. The van der Waals surface area contributed by atoms with Gasteiger partial charge in [0.05, 0.1) is 17.0 Å². The van der Waals surface area contributed by atoms with E-state index < -0.39 is 11.2 Å². The Morgan fingerprint density at radius 3 is 2.91 bits per heavy atom. The highest BCUT2D eigenvalue weighted by molar-refractivity contribution is 9.10. The number of Topliss-reactive ketones (excluding diaryl/α,β-unsaturated/α-hetero) is 1. The standard InChI is InChI=1S/C16H12BrClN2O2S/c1-23(22)8-14(21)16-15(9-3-2-4-19-7-9)10-5-12(18)11(17)6-13(10)20-16/h2-7,20H,8H2,1H3. The monoisotopic (exact) mass is 410 g/mol. The van der Waals surface area contributed by atoms with Gasteiger partial charge in [-0.05, 0) is 45.3 Å². The minimum Gasteiger partial charge on any atom is -0.616 e. The van der Waals surface area contributed by atoms with E-state index in [9.17, 15) is 9.35 Å². The molecule has 23 heavy (non-hydrogen) atoms. The van der Waals surface area contributed by atoms with Crippen LogP contribution in [0.3, 0.4) is 0 Å². The van der Waals surface area contributed by atoms with Gasteiger partial charge in [-0.3, -0.25) is 9.78 Å². The molecule has 2 heterocycles. The third-order valence-electron chi connectivity index (χ3n) is 3.40. The summed E-state index contributed by atoms with van der Waals surface area (Å²) in [6.07, 6.45) is 4.88. The Bertz CT molecular complexity index is 881. The smallest absolute Gasteiger partial charge is 0.228 e. The first kappa shape index (κ1) is 16.5. The molecule has 3 rings (SSSR count). The zero-order valence-electron chi connectivity index (χ0n) is 12.1. The normalized spacial score (nSPS) is 12.5. The van der Waals surface area contributed by atoms with E-state index >= 15 is 0 Å². The van der Waals surface area contributed by atoms with Crippen LogP contribution in [-0.4, -0.2) is 32.3 Å². The molecular formula is C16H12BrClN2O2S. The number of fused-ring (bicyclic) bond motifs is 1. The number of nitrogens with one attached hydrogen (secondary N) is 1. The predicted molar refractivity (Wildman–Crippen MR) is 97.5 cm³/mol. The van der Waals surface area contributed by atoms with E-state index in [1.165, 1.54) is 6.26 Å². The van der Waals surface area contributed by atoms with Gasteiger partial charge in [-0.25, -0.2) is 0 Å². The van der Waals surface area contributed by atoms with Gasteiger partial charge in [0.1, 0.15) is 0 Å². The fourth-order valence-electron chi connectivity index (χ4n) is 2.47. The van der Waals surface area contributed by atoms with Crippen LogP contribution in [0, 0.1) is 0 Å². The molecule has 7 heteroatoms. The highest BCUT2D eigenvalue weighted by atomic mass is 79.9. The maximum absolute atomic E-state index is 12.5. The molecule has 2 aromatic heterocycles. The molecule has 0 aliphatic rings. The van der Waals surface area contributed by atoms with E-state index in [1.54, 1.807) is 24.5 Å². The SMILES string of the molecule is C[S+]([O-])CC(=O)c1[nH]c2cc(Br)c(Cl)cc2c1-c1cccnc1. The molecule has 0 amide bonds.